The van der Waals surface area contributed by atoms with Gasteiger partial charge in [0.15, 0.2) is 0 Å². The van der Waals surface area contributed by atoms with Crippen LogP contribution in [0.25, 0.3) is 22.0 Å². The van der Waals surface area contributed by atoms with E-state index in [2.05, 4.69) is 20.6 Å². The van der Waals surface area contributed by atoms with Crippen molar-refractivity contribution in [3.63, 3.8) is 0 Å². The van der Waals surface area contributed by atoms with Gasteiger partial charge in [0, 0.05) is 48.5 Å². The van der Waals surface area contributed by atoms with Gasteiger partial charge < -0.3 is 20.3 Å². The van der Waals surface area contributed by atoms with E-state index in [0.717, 1.165) is 24.5 Å². The van der Waals surface area contributed by atoms with Crippen molar-refractivity contribution >= 4 is 28.4 Å². The van der Waals surface area contributed by atoms with E-state index < -0.39 is 11.9 Å². The quantitative estimate of drug-likeness (QED) is 0.288. The minimum Gasteiger partial charge on any atom is -0.497 e. The van der Waals surface area contributed by atoms with Crippen molar-refractivity contribution in [3.8, 4) is 16.9 Å². The maximum absolute atomic E-state index is 13.5. The average molecular weight is 536 g/mol. The lowest BCUT2D eigenvalue weighted by Gasteiger charge is -2.32. The van der Waals surface area contributed by atoms with Crippen molar-refractivity contribution in [3.05, 3.63) is 78.6 Å². The number of hydrogen-bond donors (Lipinski definition) is 2. The maximum atomic E-state index is 13.5. The van der Waals surface area contributed by atoms with Gasteiger partial charge in [-0.15, -0.1) is 0 Å². The number of nitrogens with one attached hydrogen (secondary N) is 2. The van der Waals surface area contributed by atoms with Gasteiger partial charge in [0.2, 0.25) is 0 Å². The number of carbonyl (C=O) groups is 1. The van der Waals surface area contributed by atoms with Gasteiger partial charge in [-0.1, -0.05) is 36.4 Å². The van der Waals surface area contributed by atoms with Crippen LogP contribution < -0.4 is 15.4 Å². The Balaban J connectivity index is 1.26. The van der Waals surface area contributed by atoms with Crippen LogP contribution in [0.15, 0.2) is 72.9 Å². The smallest absolute Gasteiger partial charge is 0.433 e. The predicted octanol–water partition coefficient (Wildman–Crippen LogP) is 6.68. The highest BCUT2D eigenvalue weighted by atomic mass is 19.4. The largest absolute Gasteiger partial charge is 0.497 e. The summed E-state index contributed by atoms with van der Waals surface area (Å²) >= 11 is 0. The van der Waals surface area contributed by atoms with Crippen LogP contribution in [0.3, 0.4) is 0 Å². The van der Waals surface area contributed by atoms with Gasteiger partial charge in [0.25, 0.3) is 0 Å². The van der Waals surface area contributed by atoms with Crippen molar-refractivity contribution < 1.29 is 22.7 Å². The Kier molecular flexibility index (Phi) is 7.53. The van der Waals surface area contributed by atoms with E-state index in [-0.39, 0.29) is 17.5 Å². The fraction of sp³-hybridized carbons (Fsp3) is 0.276. The van der Waals surface area contributed by atoms with Crippen LogP contribution in [0.2, 0.25) is 0 Å². The highest BCUT2D eigenvalue weighted by molar-refractivity contribution is 5.99. The number of aromatic nitrogens is 2. The monoisotopic (exact) mass is 535 g/mol. The fourth-order valence-electron chi connectivity index (χ4n) is 4.73. The molecule has 0 spiro atoms. The van der Waals surface area contributed by atoms with E-state index in [0.29, 0.717) is 47.8 Å². The summed E-state index contributed by atoms with van der Waals surface area (Å²) in [6.45, 7) is 1.78. The molecule has 0 aliphatic carbocycles. The van der Waals surface area contributed by atoms with E-state index in [9.17, 15) is 18.0 Å². The zero-order chi connectivity index (χ0) is 27.4. The minimum atomic E-state index is -4.55. The molecule has 10 heteroatoms. The molecule has 2 aromatic carbocycles. The molecule has 0 saturated carbocycles. The van der Waals surface area contributed by atoms with Crippen molar-refractivity contribution in [2.75, 3.05) is 37.4 Å². The zero-order valence-corrected chi connectivity index (χ0v) is 21.3. The molecule has 2 aromatic heterocycles. The molecule has 1 aliphatic rings. The number of hydrogen-bond acceptors (Lipinski definition) is 5. The standard InChI is InChI=1S/C29H28F3N5O2/c1-39-22-9-5-8-21(16-22)35-28(38)37-14-12-19(13-15-37)17-33-27-23-10-11-25(29(30,31)32)36-26(23)24(18-34-27)20-6-3-2-4-7-20/h2-11,16,18-19H,12-15,17H2,1H3,(H,33,34)(H,35,38). The van der Waals surface area contributed by atoms with E-state index in [1.165, 1.54) is 6.07 Å². The van der Waals surface area contributed by atoms with Gasteiger partial charge in [0.05, 0.1) is 12.6 Å². The second-order valence-electron chi connectivity index (χ2n) is 9.45. The van der Waals surface area contributed by atoms with Crippen LogP contribution in [0.1, 0.15) is 18.5 Å². The number of pyridine rings is 2. The molecule has 1 aliphatic heterocycles. The first-order valence-electron chi connectivity index (χ1n) is 12.7. The average Bonchev–Trinajstić information content (AvgIpc) is 2.96. The first kappa shape index (κ1) is 26.3. The third-order valence-electron chi connectivity index (χ3n) is 6.88. The lowest BCUT2D eigenvalue weighted by atomic mass is 9.97. The van der Waals surface area contributed by atoms with Gasteiger partial charge in [-0.3, -0.25) is 0 Å². The van der Waals surface area contributed by atoms with Gasteiger partial charge in [-0.25, -0.2) is 14.8 Å². The molecular weight excluding hydrogens is 507 g/mol. The molecule has 2 N–H and O–H groups in total. The molecule has 7 nitrogen and oxygen atoms in total. The summed E-state index contributed by atoms with van der Waals surface area (Å²) in [5.74, 6) is 1.43. The third-order valence-corrected chi connectivity index (χ3v) is 6.88. The highest BCUT2D eigenvalue weighted by Gasteiger charge is 2.33. The van der Waals surface area contributed by atoms with E-state index >= 15 is 0 Å². The molecule has 0 bridgehead atoms. The Morgan fingerprint density at radius 3 is 2.54 bits per heavy atom. The van der Waals surface area contributed by atoms with Crippen molar-refractivity contribution in [1.29, 1.82) is 0 Å². The molecule has 2 amide bonds. The van der Waals surface area contributed by atoms with Gasteiger partial charge in [0.1, 0.15) is 17.3 Å². The molecule has 1 fully saturated rings. The fourth-order valence-corrected chi connectivity index (χ4v) is 4.73. The molecule has 39 heavy (non-hydrogen) atoms. The first-order valence-corrected chi connectivity index (χ1v) is 12.7. The lowest BCUT2D eigenvalue weighted by Crippen LogP contribution is -2.42. The Hall–Kier alpha value is -4.34. The van der Waals surface area contributed by atoms with Crippen molar-refractivity contribution in [2.45, 2.75) is 19.0 Å². The SMILES string of the molecule is COc1cccc(NC(=O)N2CCC(CNc3ncc(-c4ccccc4)c4nc(C(F)(F)F)ccc34)CC2)c1. The number of likely N-dealkylation sites (tertiary alicyclic amines) is 1. The number of nitrogens with zero attached hydrogens (tertiary/aromatic N) is 3. The van der Waals surface area contributed by atoms with E-state index in [1.54, 1.807) is 24.3 Å². The molecule has 0 radical (unpaired) electrons. The summed E-state index contributed by atoms with van der Waals surface area (Å²) in [7, 11) is 1.58. The number of halogens is 3. The lowest BCUT2D eigenvalue weighted by molar-refractivity contribution is -0.140. The molecule has 202 valence electrons. The van der Waals surface area contributed by atoms with E-state index in [4.69, 9.17) is 4.74 Å². The molecule has 0 unspecified atom stereocenters. The van der Waals surface area contributed by atoms with Crippen LogP contribution in [-0.4, -0.2) is 47.6 Å². The van der Waals surface area contributed by atoms with Crippen LogP contribution in [-0.2, 0) is 6.18 Å². The second kappa shape index (κ2) is 11.2. The Bertz CT molecular complexity index is 1450. The summed E-state index contributed by atoms with van der Waals surface area (Å²) in [6.07, 6.45) is -1.41. The second-order valence-corrected chi connectivity index (χ2v) is 9.45. The third kappa shape index (κ3) is 6.05. The van der Waals surface area contributed by atoms with Gasteiger partial charge in [-0.2, -0.15) is 13.2 Å². The number of carbonyl (C=O) groups excluding carboxylic acids is 1. The van der Waals surface area contributed by atoms with Crippen molar-refractivity contribution in [2.24, 2.45) is 5.92 Å². The van der Waals surface area contributed by atoms with E-state index in [1.807, 2.05) is 48.5 Å². The molecular formula is C29H28F3N5O2. The summed E-state index contributed by atoms with van der Waals surface area (Å²) in [5.41, 5.74) is 1.26. The number of ether oxygens (including phenoxy) is 1. The molecule has 0 atom stereocenters. The zero-order valence-electron chi connectivity index (χ0n) is 21.3. The number of alkyl halides is 3. The number of methoxy groups -OCH3 is 1. The van der Waals surface area contributed by atoms with Crippen molar-refractivity contribution in [1.82, 2.24) is 14.9 Å². The van der Waals surface area contributed by atoms with Gasteiger partial charge in [-0.05, 0) is 48.6 Å². The van der Waals surface area contributed by atoms with Crippen LogP contribution in [0.5, 0.6) is 5.75 Å². The number of fused-ring (bicyclic) bond motifs is 1. The van der Waals surface area contributed by atoms with Crippen LogP contribution in [0.4, 0.5) is 29.5 Å². The van der Waals surface area contributed by atoms with Gasteiger partial charge >= 0.3 is 12.2 Å². The minimum absolute atomic E-state index is 0.162. The number of rotatable bonds is 6. The normalized spacial score (nSPS) is 14.3. The maximum Gasteiger partial charge on any atom is 0.433 e. The predicted molar refractivity (Wildman–Crippen MR) is 145 cm³/mol. The molecule has 5 rings (SSSR count). The van der Waals surface area contributed by atoms with Crippen LogP contribution in [0, 0.1) is 5.92 Å². The first-order chi connectivity index (χ1) is 18.8. The summed E-state index contributed by atoms with van der Waals surface area (Å²) in [5, 5.41) is 6.76. The molecule has 3 heterocycles. The molecule has 4 aromatic rings. The number of benzene rings is 2. The summed E-state index contributed by atoms with van der Waals surface area (Å²) in [4.78, 5) is 23.0. The number of piperidine rings is 1. The summed E-state index contributed by atoms with van der Waals surface area (Å²) < 4.78 is 45.6. The Morgan fingerprint density at radius 1 is 1.05 bits per heavy atom. The highest BCUT2D eigenvalue weighted by Crippen LogP contribution is 2.35. The Labute approximate surface area is 224 Å². The number of urea groups is 1. The topological polar surface area (TPSA) is 79.4 Å². The molecule has 1 saturated heterocycles. The van der Waals surface area contributed by atoms with Crippen LogP contribution >= 0.6 is 0 Å². The number of amides is 2. The Morgan fingerprint density at radius 2 is 1.82 bits per heavy atom. The summed E-state index contributed by atoms with van der Waals surface area (Å²) in [6, 6.07) is 18.6. The number of anilines is 2.